The molecule has 0 bridgehead atoms. The van der Waals surface area contributed by atoms with Gasteiger partial charge in [-0.25, -0.2) is 0 Å². The molecule has 0 N–H and O–H groups in total. The largest absolute Gasteiger partial charge is 0.490 e. The minimum absolute atomic E-state index is 0.0396. The lowest BCUT2D eigenvalue weighted by Crippen LogP contribution is -2.48. The molecule has 162 valence electrons. The maximum atomic E-state index is 12.9. The van der Waals surface area contributed by atoms with Gasteiger partial charge < -0.3 is 23.7 Å². The van der Waals surface area contributed by atoms with Crippen LogP contribution in [0.1, 0.15) is 56.5 Å². The van der Waals surface area contributed by atoms with E-state index >= 15 is 0 Å². The fraction of sp³-hybridized carbons (Fsp3) is 0.625. The van der Waals surface area contributed by atoms with Crippen molar-refractivity contribution in [1.82, 2.24) is 9.80 Å². The zero-order chi connectivity index (χ0) is 20.7. The molecule has 30 heavy (non-hydrogen) atoms. The van der Waals surface area contributed by atoms with E-state index in [0.29, 0.717) is 24.4 Å². The highest BCUT2D eigenvalue weighted by atomic mass is 16.5. The third-order valence-corrected chi connectivity index (χ3v) is 6.78. The first-order valence-corrected chi connectivity index (χ1v) is 11.4. The van der Waals surface area contributed by atoms with Gasteiger partial charge in [-0.1, -0.05) is 6.42 Å². The number of rotatable bonds is 4. The number of furan rings is 1. The summed E-state index contributed by atoms with van der Waals surface area (Å²) in [7, 11) is 0. The Bertz CT molecular complexity index is 888. The molecule has 1 saturated carbocycles. The van der Waals surface area contributed by atoms with E-state index in [0.717, 1.165) is 43.1 Å². The molecule has 3 aliphatic rings. The highest BCUT2D eigenvalue weighted by Gasteiger charge is 2.30. The first kappa shape index (κ1) is 19.9. The van der Waals surface area contributed by atoms with Gasteiger partial charge >= 0.3 is 0 Å². The van der Waals surface area contributed by atoms with Crippen molar-refractivity contribution in [3.8, 4) is 5.75 Å². The lowest BCUT2D eigenvalue weighted by Gasteiger charge is -2.41. The first-order chi connectivity index (χ1) is 14.5. The number of hydrogen-bond donors (Lipinski definition) is 0. The fourth-order valence-electron chi connectivity index (χ4n) is 4.99. The van der Waals surface area contributed by atoms with Gasteiger partial charge in [-0.15, -0.1) is 0 Å². The highest BCUT2D eigenvalue weighted by Crippen LogP contribution is 2.30. The van der Waals surface area contributed by atoms with E-state index in [2.05, 4.69) is 4.90 Å². The third kappa shape index (κ3) is 4.08. The van der Waals surface area contributed by atoms with E-state index in [1.54, 1.807) is 0 Å². The lowest BCUT2D eigenvalue weighted by molar-refractivity contribution is -0.0591. The Morgan fingerprint density at radius 2 is 1.77 bits per heavy atom. The predicted molar refractivity (Wildman–Crippen MR) is 115 cm³/mol. The molecule has 1 amide bonds. The molecule has 1 aromatic carbocycles. The van der Waals surface area contributed by atoms with Crippen LogP contribution in [0.5, 0.6) is 5.75 Å². The van der Waals surface area contributed by atoms with Gasteiger partial charge in [0.1, 0.15) is 17.4 Å². The van der Waals surface area contributed by atoms with E-state index in [-0.39, 0.29) is 24.2 Å². The van der Waals surface area contributed by atoms with Crippen LogP contribution in [0.2, 0.25) is 0 Å². The van der Waals surface area contributed by atoms with Gasteiger partial charge in [-0.3, -0.25) is 4.79 Å². The highest BCUT2D eigenvalue weighted by molar-refractivity contribution is 5.96. The van der Waals surface area contributed by atoms with Crippen LogP contribution in [-0.4, -0.2) is 66.2 Å². The van der Waals surface area contributed by atoms with Crippen molar-refractivity contribution in [1.29, 1.82) is 0 Å². The zero-order valence-corrected chi connectivity index (χ0v) is 18.0. The van der Waals surface area contributed by atoms with Crippen LogP contribution >= 0.6 is 0 Å². The minimum Gasteiger partial charge on any atom is -0.490 e. The van der Waals surface area contributed by atoms with Crippen LogP contribution in [-0.2, 0) is 4.74 Å². The summed E-state index contributed by atoms with van der Waals surface area (Å²) in [5.41, 5.74) is 0.706. The molecule has 1 aromatic heterocycles. The fourth-order valence-corrected chi connectivity index (χ4v) is 4.99. The van der Waals surface area contributed by atoms with Gasteiger partial charge in [-0.05, 0) is 57.7 Å². The van der Waals surface area contributed by atoms with Crippen molar-refractivity contribution >= 4 is 16.9 Å². The van der Waals surface area contributed by atoms with Crippen molar-refractivity contribution in [3.05, 3.63) is 30.0 Å². The Morgan fingerprint density at radius 3 is 2.43 bits per heavy atom. The number of carbonyl (C=O) groups is 1. The topological polar surface area (TPSA) is 55.2 Å². The molecule has 2 saturated heterocycles. The summed E-state index contributed by atoms with van der Waals surface area (Å²) < 4.78 is 17.9. The van der Waals surface area contributed by atoms with Crippen molar-refractivity contribution in [3.63, 3.8) is 0 Å². The number of piperidine rings is 1. The quantitative estimate of drug-likeness (QED) is 0.757. The molecule has 2 aromatic rings. The van der Waals surface area contributed by atoms with Gasteiger partial charge in [-0.2, -0.15) is 0 Å². The smallest absolute Gasteiger partial charge is 0.289 e. The van der Waals surface area contributed by atoms with Crippen LogP contribution < -0.4 is 4.74 Å². The van der Waals surface area contributed by atoms with Crippen molar-refractivity contribution in [2.45, 2.75) is 70.3 Å². The number of ether oxygens (including phenoxy) is 2. The van der Waals surface area contributed by atoms with Gasteiger partial charge in [0.15, 0.2) is 5.76 Å². The third-order valence-electron chi connectivity index (χ3n) is 6.78. The number of nitrogens with zero attached hydrogens (tertiary/aromatic N) is 2. The van der Waals surface area contributed by atoms with E-state index < -0.39 is 0 Å². The second-order valence-corrected chi connectivity index (χ2v) is 9.22. The minimum atomic E-state index is -0.0703. The van der Waals surface area contributed by atoms with Crippen molar-refractivity contribution in [2.24, 2.45) is 0 Å². The van der Waals surface area contributed by atoms with Crippen LogP contribution in [0.25, 0.3) is 11.0 Å². The summed E-state index contributed by atoms with van der Waals surface area (Å²) >= 11 is 0. The molecule has 3 fully saturated rings. The summed E-state index contributed by atoms with van der Waals surface area (Å²) in [4.78, 5) is 17.4. The summed E-state index contributed by atoms with van der Waals surface area (Å²) in [6.07, 6.45) is 6.60. The van der Waals surface area contributed by atoms with Crippen LogP contribution in [0.15, 0.2) is 28.7 Å². The van der Waals surface area contributed by atoms with Crippen molar-refractivity contribution in [2.75, 3.05) is 26.2 Å². The first-order valence-electron chi connectivity index (χ1n) is 11.4. The van der Waals surface area contributed by atoms with E-state index in [1.807, 2.05) is 43.0 Å². The number of likely N-dealkylation sites (tertiary alicyclic amines) is 1. The van der Waals surface area contributed by atoms with Crippen LogP contribution in [0, 0.1) is 0 Å². The summed E-state index contributed by atoms with van der Waals surface area (Å²) in [6.45, 7) is 7.44. The van der Waals surface area contributed by atoms with E-state index in [4.69, 9.17) is 13.9 Å². The van der Waals surface area contributed by atoms with Gasteiger partial charge in [0.25, 0.3) is 5.91 Å². The molecule has 5 rings (SSSR count). The number of carbonyl (C=O) groups excluding carboxylic acids is 1. The predicted octanol–water partition coefficient (Wildman–Crippen LogP) is 4.08. The van der Waals surface area contributed by atoms with Crippen LogP contribution in [0.3, 0.4) is 0 Å². The average Bonchev–Trinajstić information content (AvgIpc) is 3.10. The summed E-state index contributed by atoms with van der Waals surface area (Å²) in [5, 5.41) is 0.930. The molecule has 0 radical (unpaired) electrons. The standard InChI is InChI=1S/C24H32N2O4/c1-16-14-26(15-17(2)28-16)24(27)23-12-18-6-7-21(13-22(18)30-23)29-20-8-10-25(11-9-20)19-4-3-5-19/h6-7,12-13,16-17,19-20H,3-5,8-11,14-15H2,1-2H3/t16-,17+. The monoisotopic (exact) mass is 412 g/mol. The Kier molecular flexibility index (Phi) is 5.46. The molecule has 0 spiro atoms. The second-order valence-electron chi connectivity index (χ2n) is 9.22. The molecule has 0 unspecified atom stereocenters. The number of benzene rings is 1. The lowest BCUT2D eigenvalue weighted by atomic mass is 9.90. The molecule has 2 aliphatic heterocycles. The normalized spacial score (nSPS) is 26.7. The van der Waals surface area contributed by atoms with Crippen LogP contribution in [0.4, 0.5) is 0 Å². The molecule has 1 aliphatic carbocycles. The number of morpholine rings is 1. The summed E-state index contributed by atoms with van der Waals surface area (Å²) in [6, 6.07) is 8.56. The Hall–Kier alpha value is -2.05. The molecular formula is C24H32N2O4. The maximum absolute atomic E-state index is 12.9. The summed E-state index contributed by atoms with van der Waals surface area (Å²) in [5.74, 6) is 1.14. The van der Waals surface area contributed by atoms with Crippen molar-refractivity contribution < 1.29 is 18.7 Å². The number of fused-ring (bicyclic) bond motifs is 1. The van der Waals surface area contributed by atoms with Gasteiger partial charge in [0, 0.05) is 43.7 Å². The second kappa shape index (κ2) is 8.23. The molecule has 3 heterocycles. The molecular weight excluding hydrogens is 380 g/mol. The van der Waals surface area contributed by atoms with Gasteiger partial charge in [0.2, 0.25) is 0 Å². The Morgan fingerprint density at radius 1 is 1.03 bits per heavy atom. The average molecular weight is 413 g/mol. The molecule has 2 atom stereocenters. The Labute approximate surface area is 178 Å². The van der Waals surface area contributed by atoms with E-state index in [1.165, 1.54) is 19.3 Å². The number of hydrogen-bond acceptors (Lipinski definition) is 5. The van der Waals surface area contributed by atoms with E-state index in [9.17, 15) is 4.79 Å². The van der Waals surface area contributed by atoms with Gasteiger partial charge in [0.05, 0.1) is 12.2 Å². The Balaban J connectivity index is 1.23. The molecule has 6 nitrogen and oxygen atoms in total. The zero-order valence-electron chi connectivity index (χ0n) is 18.0. The number of amides is 1. The maximum Gasteiger partial charge on any atom is 0.289 e. The molecule has 6 heteroatoms. The SMILES string of the molecule is C[C@@H]1CN(C(=O)c2cc3ccc(OC4CCN(C5CCC5)CC4)cc3o2)C[C@H](C)O1.